The Labute approximate surface area is 115 Å². The van der Waals surface area contributed by atoms with Crippen LogP contribution in [0.2, 0.25) is 0 Å². The van der Waals surface area contributed by atoms with E-state index in [4.69, 9.17) is 0 Å². The Morgan fingerprint density at radius 3 is 2.90 bits per heavy atom. The van der Waals surface area contributed by atoms with Crippen LogP contribution in [-0.2, 0) is 4.74 Å². The molecule has 0 saturated heterocycles. The summed E-state index contributed by atoms with van der Waals surface area (Å²) in [4.78, 5) is 19.2. The predicted octanol–water partition coefficient (Wildman–Crippen LogP) is 2.58. The Hall–Kier alpha value is -2.50. The number of hydrogen-bond donors (Lipinski definition) is 1. The molecule has 0 radical (unpaired) electrons. The van der Waals surface area contributed by atoms with E-state index >= 15 is 0 Å². The van der Waals surface area contributed by atoms with Crippen LogP contribution in [0.1, 0.15) is 29.1 Å². The third-order valence-corrected chi connectivity index (χ3v) is 2.74. The number of ether oxygens (including phenoxy) is 1. The monoisotopic (exact) mass is 275 g/mol. The average Bonchev–Trinajstić information content (AvgIpc) is 2.46. The largest absolute Gasteiger partial charge is 0.463 e. The molecule has 1 unspecified atom stereocenters. The van der Waals surface area contributed by atoms with Crippen LogP contribution in [0.15, 0.2) is 36.5 Å². The van der Waals surface area contributed by atoms with E-state index in [-0.39, 0.29) is 17.7 Å². The first-order chi connectivity index (χ1) is 9.60. The molecule has 0 amide bonds. The highest BCUT2D eigenvalue weighted by molar-refractivity contribution is 5.85. The first-order valence-corrected chi connectivity index (χ1v) is 6.03. The van der Waals surface area contributed by atoms with Crippen molar-refractivity contribution in [3.8, 4) is 0 Å². The summed E-state index contributed by atoms with van der Waals surface area (Å²) in [6.07, 6.45) is 1.46. The molecule has 1 heterocycles. The van der Waals surface area contributed by atoms with Crippen LogP contribution in [0.5, 0.6) is 0 Å². The van der Waals surface area contributed by atoms with E-state index in [0.717, 1.165) is 5.56 Å². The molecule has 104 valence electrons. The predicted molar refractivity (Wildman–Crippen MR) is 71.8 cm³/mol. The van der Waals surface area contributed by atoms with Gasteiger partial charge in [0.1, 0.15) is 11.6 Å². The average molecular weight is 275 g/mol. The zero-order valence-electron chi connectivity index (χ0n) is 11.1. The summed E-state index contributed by atoms with van der Waals surface area (Å²) in [6, 6.07) is 7.75. The number of esters is 1. The molecular weight excluding hydrogens is 261 g/mol. The van der Waals surface area contributed by atoms with Crippen molar-refractivity contribution in [1.82, 2.24) is 9.97 Å². The van der Waals surface area contributed by atoms with E-state index in [2.05, 4.69) is 20.0 Å². The number of halogens is 1. The lowest BCUT2D eigenvalue weighted by molar-refractivity contribution is 0.0587. The Bertz CT molecular complexity index is 619. The third-order valence-electron chi connectivity index (χ3n) is 2.74. The molecule has 0 bridgehead atoms. The van der Waals surface area contributed by atoms with Crippen molar-refractivity contribution < 1.29 is 13.9 Å². The van der Waals surface area contributed by atoms with Crippen molar-refractivity contribution in [2.24, 2.45) is 0 Å². The Balaban J connectivity index is 2.15. The number of methoxy groups -OCH3 is 1. The Kier molecular flexibility index (Phi) is 4.24. The van der Waals surface area contributed by atoms with Gasteiger partial charge in [0.2, 0.25) is 5.82 Å². The van der Waals surface area contributed by atoms with Gasteiger partial charge in [-0.2, -0.15) is 0 Å². The van der Waals surface area contributed by atoms with Crippen LogP contribution < -0.4 is 5.32 Å². The Morgan fingerprint density at radius 1 is 1.40 bits per heavy atom. The molecule has 2 rings (SSSR count). The fourth-order valence-corrected chi connectivity index (χ4v) is 1.71. The quantitative estimate of drug-likeness (QED) is 0.869. The molecule has 20 heavy (non-hydrogen) atoms. The van der Waals surface area contributed by atoms with Gasteiger partial charge in [0.25, 0.3) is 0 Å². The van der Waals surface area contributed by atoms with Gasteiger partial charge in [-0.3, -0.25) is 0 Å². The maximum Gasteiger partial charge on any atom is 0.376 e. The molecule has 0 aliphatic heterocycles. The first kappa shape index (κ1) is 13.9. The van der Waals surface area contributed by atoms with Gasteiger partial charge >= 0.3 is 5.97 Å². The molecule has 0 spiro atoms. The number of carbonyl (C=O) groups is 1. The molecular formula is C14H14FN3O2. The minimum Gasteiger partial charge on any atom is -0.463 e. The maximum atomic E-state index is 13.2. The lowest BCUT2D eigenvalue weighted by Gasteiger charge is -2.15. The minimum absolute atomic E-state index is 0.0241. The number of anilines is 1. The summed E-state index contributed by atoms with van der Waals surface area (Å²) < 4.78 is 17.7. The molecule has 0 saturated carbocycles. The van der Waals surface area contributed by atoms with Gasteiger partial charge in [-0.1, -0.05) is 12.1 Å². The first-order valence-electron chi connectivity index (χ1n) is 6.03. The molecule has 0 fully saturated rings. The van der Waals surface area contributed by atoms with Crippen LogP contribution in [0.3, 0.4) is 0 Å². The van der Waals surface area contributed by atoms with Gasteiger partial charge in [-0.15, -0.1) is 0 Å². The van der Waals surface area contributed by atoms with Gasteiger partial charge in [0.05, 0.1) is 13.2 Å². The van der Waals surface area contributed by atoms with Crippen molar-refractivity contribution in [3.05, 3.63) is 53.7 Å². The number of hydrogen-bond acceptors (Lipinski definition) is 5. The van der Waals surface area contributed by atoms with Gasteiger partial charge in [-0.05, 0) is 30.7 Å². The molecule has 0 aliphatic carbocycles. The van der Waals surface area contributed by atoms with Gasteiger partial charge < -0.3 is 10.1 Å². The van der Waals surface area contributed by atoms with Crippen molar-refractivity contribution in [2.45, 2.75) is 13.0 Å². The fourth-order valence-electron chi connectivity index (χ4n) is 1.71. The normalized spacial score (nSPS) is 11.8. The highest BCUT2D eigenvalue weighted by Gasteiger charge is 2.11. The summed E-state index contributed by atoms with van der Waals surface area (Å²) in [5, 5.41) is 3.08. The lowest BCUT2D eigenvalue weighted by Crippen LogP contribution is -2.12. The summed E-state index contributed by atoms with van der Waals surface area (Å²) in [5.74, 6) is -0.456. The van der Waals surface area contributed by atoms with Crippen molar-refractivity contribution in [3.63, 3.8) is 0 Å². The molecule has 1 atom stereocenters. The number of aromatic nitrogens is 2. The van der Waals surface area contributed by atoms with Gasteiger partial charge in [0, 0.05) is 6.20 Å². The number of nitrogens with zero attached hydrogens (tertiary/aromatic N) is 2. The number of rotatable bonds is 4. The maximum absolute atomic E-state index is 13.2. The summed E-state index contributed by atoms with van der Waals surface area (Å²) in [5.41, 5.74) is 0.781. The smallest absolute Gasteiger partial charge is 0.376 e. The highest BCUT2D eigenvalue weighted by atomic mass is 19.1. The second kappa shape index (κ2) is 6.10. The standard InChI is InChI=1S/C14H14FN3O2/c1-9(10-4-3-5-11(15)8-10)17-12-6-7-16-13(18-12)14(19)20-2/h3-9H,1-2H3,(H,16,17,18). The molecule has 1 N–H and O–H groups in total. The second-order valence-corrected chi connectivity index (χ2v) is 4.18. The molecule has 1 aromatic carbocycles. The molecule has 0 aliphatic rings. The van der Waals surface area contributed by atoms with Gasteiger partial charge in [0.15, 0.2) is 0 Å². The molecule has 6 heteroatoms. The zero-order valence-corrected chi connectivity index (χ0v) is 11.1. The number of carbonyl (C=O) groups excluding carboxylic acids is 1. The van der Waals surface area contributed by atoms with Gasteiger partial charge in [-0.25, -0.2) is 19.2 Å². The fraction of sp³-hybridized carbons (Fsp3) is 0.214. The third kappa shape index (κ3) is 3.28. The molecule has 5 nitrogen and oxygen atoms in total. The highest BCUT2D eigenvalue weighted by Crippen LogP contribution is 2.18. The van der Waals surface area contributed by atoms with Crippen LogP contribution in [0.25, 0.3) is 0 Å². The van der Waals surface area contributed by atoms with E-state index in [1.807, 2.05) is 13.0 Å². The van der Waals surface area contributed by atoms with Crippen molar-refractivity contribution >= 4 is 11.8 Å². The molecule has 2 aromatic rings. The SMILES string of the molecule is COC(=O)c1nccc(NC(C)c2cccc(F)c2)n1. The second-order valence-electron chi connectivity index (χ2n) is 4.18. The summed E-state index contributed by atoms with van der Waals surface area (Å²) >= 11 is 0. The topological polar surface area (TPSA) is 64.1 Å². The van der Waals surface area contributed by atoms with E-state index in [0.29, 0.717) is 5.82 Å². The van der Waals surface area contributed by atoms with E-state index in [9.17, 15) is 9.18 Å². The number of nitrogens with one attached hydrogen (secondary N) is 1. The minimum atomic E-state index is -0.605. The van der Waals surface area contributed by atoms with Crippen LogP contribution in [0, 0.1) is 5.82 Å². The van der Waals surface area contributed by atoms with E-state index < -0.39 is 5.97 Å². The van der Waals surface area contributed by atoms with Crippen molar-refractivity contribution in [2.75, 3.05) is 12.4 Å². The van der Waals surface area contributed by atoms with Crippen LogP contribution >= 0.6 is 0 Å². The van der Waals surface area contributed by atoms with Crippen LogP contribution in [-0.4, -0.2) is 23.0 Å². The molecule has 1 aromatic heterocycles. The van der Waals surface area contributed by atoms with E-state index in [1.165, 1.54) is 25.4 Å². The zero-order chi connectivity index (χ0) is 14.5. The van der Waals surface area contributed by atoms with Crippen molar-refractivity contribution in [1.29, 1.82) is 0 Å². The summed E-state index contributed by atoms with van der Waals surface area (Å²) in [7, 11) is 1.27. The lowest BCUT2D eigenvalue weighted by atomic mass is 10.1. The number of benzene rings is 1. The summed E-state index contributed by atoms with van der Waals surface area (Å²) in [6.45, 7) is 1.87. The van der Waals surface area contributed by atoms with E-state index in [1.54, 1.807) is 12.1 Å². The van der Waals surface area contributed by atoms with Crippen LogP contribution in [0.4, 0.5) is 10.2 Å². The Morgan fingerprint density at radius 2 is 2.20 bits per heavy atom.